The zero-order valence-electron chi connectivity index (χ0n) is 11.3. The minimum Gasteiger partial charge on any atom is -0.325 e. The van der Waals surface area contributed by atoms with E-state index in [1.807, 2.05) is 6.07 Å². The van der Waals surface area contributed by atoms with Crippen LogP contribution in [-0.4, -0.2) is 31.1 Å². The molecule has 4 heteroatoms. The Morgan fingerprint density at radius 2 is 2.05 bits per heavy atom. The van der Waals surface area contributed by atoms with Gasteiger partial charge in [-0.25, -0.2) is 0 Å². The van der Waals surface area contributed by atoms with Crippen LogP contribution in [0.4, 0.5) is 5.69 Å². The lowest BCUT2D eigenvalue weighted by Gasteiger charge is -2.28. The van der Waals surface area contributed by atoms with Gasteiger partial charge in [0.15, 0.2) is 0 Å². The molecule has 1 amide bonds. The number of hydrogen-bond donors (Lipinski definition) is 3. The fourth-order valence-electron chi connectivity index (χ4n) is 2.85. The summed E-state index contributed by atoms with van der Waals surface area (Å²) in [5.74, 6) is 0.0531. The van der Waals surface area contributed by atoms with E-state index in [2.05, 4.69) is 35.0 Å². The number of amides is 1. The fraction of sp³-hybridized carbons (Fsp3) is 0.533. The Kier molecular flexibility index (Phi) is 3.53. The second-order valence-corrected chi connectivity index (χ2v) is 5.60. The normalized spacial score (nSPS) is 25.9. The molecule has 2 aliphatic rings. The Hall–Kier alpha value is -1.39. The summed E-state index contributed by atoms with van der Waals surface area (Å²) >= 11 is 0. The van der Waals surface area contributed by atoms with Gasteiger partial charge >= 0.3 is 0 Å². The summed E-state index contributed by atoms with van der Waals surface area (Å²) in [6.07, 6.45) is 3.55. The third kappa shape index (κ3) is 2.80. The van der Waals surface area contributed by atoms with Crippen molar-refractivity contribution in [2.24, 2.45) is 0 Å². The van der Waals surface area contributed by atoms with Gasteiger partial charge < -0.3 is 16.0 Å². The van der Waals surface area contributed by atoms with E-state index >= 15 is 0 Å². The second kappa shape index (κ2) is 5.31. The number of hydrogen-bond acceptors (Lipinski definition) is 3. The molecule has 2 unspecified atom stereocenters. The van der Waals surface area contributed by atoms with Crippen LogP contribution in [-0.2, 0) is 17.6 Å². The van der Waals surface area contributed by atoms with Gasteiger partial charge in [-0.3, -0.25) is 4.79 Å². The van der Waals surface area contributed by atoms with Crippen molar-refractivity contribution < 1.29 is 4.79 Å². The standard InChI is InChI=1S/C15H21N3O/c1-10-8-17-14(9-16-10)15(19)18-13-6-5-11-3-2-4-12(11)7-13/h5-7,10,14,16-17H,2-4,8-9H2,1H3,(H,18,19). The molecule has 3 N–H and O–H groups in total. The van der Waals surface area contributed by atoms with Crippen LogP contribution >= 0.6 is 0 Å². The van der Waals surface area contributed by atoms with Gasteiger partial charge in [-0.2, -0.15) is 0 Å². The summed E-state index contributed by atoms with van der Waals surface area (Å²) < 4.78 is 0. The first-order valence-corrected chi connectivity index (χ1v) is 7.12. The molecule has 2 atom stereocenters. The van der Waals surface area contributed by atoms with Gasteiger partial charge in [-0.15, -0.1) is 0 Å². The SMILES string of the molecule is CC1CNC(C(=O)Nc2ccc3c(c2)CCC3)CN1. The molecule has 0 radical (unpaired) electrons. The van der Waals surface area contributed by atoms with Crippen LogP contribution in [0, 0.1) is 0 Å². The average Bonchev–Trinajstić information content (AvgIpc) is 2.87. The summed E-state index contributed by atoms with van der Waals surface area (Å²) in [6, 6.07) is 6.58. The van der Waals surface area contributed by atoms with Crippen molar-refractivity contribution in [3.05, 3.63) is 29.3 Å². The van der Waals surface area contributed by atoms with Gasteiger partial charge in [0.1, 0.15) is 0 Å². The smallest absolute Gasteiger partial charge is 0.242 e. The number of nitrogens with one attached hydrogen (secondary N) is 3. The quantitative estimate of drug-likeness (QED) is 0.744. The van der Waals surface area contributed by atoms with Crippen molar-refractivity contribution in [1.82, 2.24) is 10.6 Å². The summed E-state index contributed by atoms with van der Waals surface area (Å²) in [6.45, 7) is 3.64. The fourth-order valence-corrected chi connectivity index (χ4v) is 2.85. The number of fused-ring (bicyclic) bond motifs is 1. The maximum atomic E-state index is 12.2. The number of carbonyl (C=O) groups is 1. The van der Waals surface area contributed by atoms with E-state index in [0.29, 0.717) is 12.6 Å². The molecule has 1 fully saturated rings. The highest BCUT2D eigenvalue weighted by Crippen LogP contribution is 2.24. The molecule has 102 valence electrons. The van der Waals surface area contributed by atoms with Gasteiger partial charge in [-0.1, -0.05) is 6.07 Å². The van der Waals surface area contributed by atoms with E-state index in [1.165, 1.54) is 24.0 Å². The molecule has 1 heterocycles. The molecule has 0 saturated carbocycles. The third-order valence-corrected chi connectivity index (χ3v) is 4.02. The van der Waals surface area contributed by atoms with E-state index in [4.69, 9.17) is 0 Å². The van der Waals surface area contributed by atoms with E-state index in [0.717, 1.165) is 18.7 Å². The van der Waals surface area contributed by atoms with Gasteiger partial charge in [0.05, 0.1) is 6.04 Å². The Bertz CT molecular complexity index is 478. The first kappa shape index (κ1) is 12.6. The predicted octanol–water partition coefficient (Wildman–Crippen LogP) is 1.06. The molecule has 0 aromatic heterocycles. The van der Waals surface area contributed by atoms with Crippen molar-refractivity contribution in [2.75, 3.05) is 18.4 Å². The molecular formula is C15H21N3O. The lowest BCUT2D eigenvalue weighted by atomic mass is 10.1. The van der Waals surface area contributed by atoms with E-state index in [9.17, 15) is 4.79 Å². The van der Waals surface area contributed by atoms with Crippen LogP contribution in [0.15, 0.2) is 18.2 Å². The van der Waals surface area contributed by atoms with Gasteiger partial charge in [0, 0.05) is 24.8 Å². The minimum absolute atomic E-state index is 0.0531. The number of piperazine rings is 1. The second-order valence-electron chi connectivity index (χ2n) is 5.60. The first-order chi connectivity index (χ1) is 9.22. The molecule has 4 nitrogen and oxygen atoms in total. The van der Waals surface area contributed by atoms with Gasteiger partial charge in [-0.05, 0) is 49.4 Å². The molecule has 0 spiro atoms. The molecule has 1 aliphatic heterocycles. The monoisotopic (exact) mass is 259 g/mol. The van der Waals surface area contributed by atoms with Gasteiger partial charge in [0.25, 0.3) is 0 Å². The number of carbonyl (C=O) groups excluding carboxylic acids is 1. The molecule has 1 saturated heterocycles. The maximum absolute atomic E-state index is 12.2. The number of anilines is 1. The van der Waals surface area contributed by atoms with Gasteiger partial charge in [0.2, 0.25) is 5.91 Å². The molecule has 1 aromatic rings. The summed E-state index contributed by atoms with van der Waals surface area (Å²) in [7, 11) is 0. The van der Waals surface area contributed by atoms with Crippen LogP contribution in [0.3, 0.4) is 0 Å². The highest BCUT2D eigenvalue weighted by atomic mass is 16.2. The largest absolute Gasteiger partial charge is 0.325 e. The number of benzene rings is 1. The highest BCUT2D eigenvalue weighted by molar-refractivity contribution is 5.95. The Balaban J connectivity index is 1.63. The Morgan fingerprint density at radius 1 is 1.21 bits per heavy atom. The molecular weight excluding hydrogens is 238 g/mol. The Labute approximate surface area is 114 Å². The van der Waals surface area contributed by atoms with Crippen molar-refractivity contribution >= 4 is 11.6 Å². The zero-order valence-corrected chi connectivity index (χ0v) is 11.3. The van der Waals surface area contributed by atoms with Crippen LogP contribution in [0.1, 0.15) is 24.5 Å². The highest BCUT2D eigenvalue weighted by Gasteiger charge is 2.23. The minimum atomic E-state index is -0.135. The molecule has 1 aromatic carbocycles. The Morgan fingerprint density at radius 3 is 2.84 bits per heavy atom. The maximum Gasteiger partial charge on any atom is 0.242 e. The van der Waals surface area contributed by atoms with Crippen LogP contribution < -0.4 is 16.0 Å². The number of aryl methyl sites for hydroxylation is 2. The number of rotatable bonds is 2. The third-order valence-electron chi connectivity index (χ3n) is 4.02. The molecule has 3 rings (SSSR count). The van der Waals surface area contributed by atoms with Crippen molar-refractivity contribution in [3.8, 4) is 0 Å². The van der Waals surface area contributed by atoms with E-state index in [1.54, 1.807) is 0 Å². The van der Waals surface area contributed by atoms with Crippen LogP contribution in [0.5, 0.6) is 0 Å². The summed E-state index contributed by atoms with van der Waals surface area (Å²) in [4.78, 5) is 12.2. The van der Waals surface area contributed by atoms with Crippen molar-refractivity contribution in [2.45, 2.75) is 38.3 Å². The molecule has 19 heavy (non-hydrogen) atoms. The van der Waals surface area contributed by atoms with E-state index < -0.39 is 0 Å². The molecule has 1 aliphatic carbocycles. The summed E-state index contributed by atoms with van der Waals surface area (Å²) in [5, 5.41) is 9.60. The topological polar surface area (TPSA) is 53.2 Å². The summed E-state index contributed by atoms with van der Waals surface area (Å²) in [5.41, 5.74) is 3.75. The zero-order chi connectivity index (χ0) is 13.2. The first-order valence-electron chi connectivity index (χ1n) is 7.12. The average molecular weight is 259 g/mol. The predicted molar refractivity (Wildman–Crippen MR) is 76.4 cm³/mol. The van der Waals surface area contributed by atoms with Crippen molar-refractivity contribution in [3.63, 3.8) is 0 Å². The molecule has 0 bridgehead atoms. The lowest BCUT2D eigenvalue weighted by Crippen LogP contribution is -2.57. The van der Waals surface area contributed by atoms with E-state index in [-0.39, 0.29) is 11.9 Å². The van der Waals surface area contributed by atoms with Crippen LogP contribution in [0.25, 0.3) is 0 Å². The van der Waals surface area contributed by atoms with Crippen molar-refractivity contribution in [1.29, 1.82) is 0 Å². The lowest BCUT2D eigenvalue weighted by molar-refractivity contribution is -0.118. The van der Waals surface area contributed by atoms with Crippen LogP contribution in [0.2, 0.25) is 0 Å².